The van der Waals surface area contributed by atoms with Gasteiger partial charge in [-0.05, 0) is 64.0 Å². The van der Waals surface area contributed by atoms with Gasteiger partial charge in [0.25, 0.3) is 0 Å². The van der Waals surface area contributed by atoms with Crippen LogP contribution >= 0.6 is 0 Å². The van der Waals surface area contributed by atoms with E-state index in [0.29, 0.717) is 0 Å². The van der Waals surface area contributed by atoms with E-state index in [1.165, 1.54) is 21.5 Å². The fourth-order valence-corrected chi connectivity index (χ4v) is 6.24. The topological polar surface area (TPSA) is 38.7 Å². The molecule has 0 fully saturated rings. The van der Waals surface area contributed by atoms with E-state index in [9.17, 15) is 0 Å². The monoisotopic (exact) mass is 559 g/mol. The molecule has 0 atom stereocenters. The van der Waals surface area contributed by atoms with Gasteiger partial charge in [-0.3, -0.25) is 0 Å². The number of fused-ring (bicyclic) bond motifs is 6. The molecule has 0 saturated carbocycles. The molecular formula is C41H25N3. The lowest BCUT2D eigenvalue weighted by Crippen LogP contribution is -1.91. The van der Waals surface area contributed by atoms with Crippen LogP contribution in [-0.2, 0) is 0 Å². The fourth-order valence-electron chi connectivity index (χ4n) is 6.24. The van der Waals surface area contributed by atoms with Crippen molar-refractivity contribution in [2.75, 3.05) is 0 Å². The van der Waals surface area contributed by atoms with Crippen molar-refractivity contribution >= 4 is 54.3 Å². The van der Waals surface area contributed by atoms with Crippen molar-refractivity contribution in [1.29, 1.82) is 0 Å². The van der Waals surface area contributed by atoms with Gasteiger partial charge in [0.1, 0.15) is 0 Å². The highest BCUT2D eigenvalue weighted by atomic mass is 14.8. The second-order valence-electron chi connectivity index (χ2n) is 11.3. The molecule has 6 aromatic carbocycles. The second kappa shape index (κ2) is 9.82. The minimum absolute atomic E-state index is 0.920. The highest BCUT2D eigenvalue weighted by molar-refractivity contribution is 6.04. The lowest BCUT2D eigenvalue weighted by Gasteiger charge is -2.10. The summed E-state index contributed by atoms with van der Waals surface area (Å²) in [6.07, 6.45) is 0. The molecule has 3 nitrogen and oxygen atoms in total. The molecule has 204 valence electrons. The average molecular weight is 560 g/mol. The Hall–Kier alpha value is -5.93. The lowest BCUT2D eigenvalue weighted by atomic mass is 10.00. The summed E-state index contributed by atoms with van der Waals surface area (Å²) in [5, 5.41) is 8.11. The Morgan fingerprint density at radius 2 is 0.727 bits per heavy atom. The molecule has 0 aliphatic carbocycles. The van der Waals surface area contributed by atoms with Gasteiger partial charge in [-0.15, -0.1) is 0 Å². The Balaban J connectivity index is 1.10. The van der Waals surface area contributed by atoms with E-state index < -0.39 is 0 Å². The van der Waals surface area contributed by atoms with E-state index in [1.807, 2.05) is 18.2 Å². The third-order valence-electron chi connectivity index (χ3n) is 8.58. The standard InChI is InChI=1S/C41H25N3/c1-2-6-26(7-3-1)36-19-16-27-10-11-28-17-20-38(44-41(28)40(27)43-36)34-15-13-31-23-33(14-12-32(31)24-34)37-21-18-35-22-29-8-4-5-9-30(29)25-39(35)42-37/h1-25H. The summed E-state index contributed by atoms with van der Waals surface area (Å²) in [4.78, 5) is 15.3. The summed E-state index contributed by atoms with van der Waals surface area (Å²) in [6.45, 7) is 0. The van der Waals surface area contributed by atoms with Crippen LogP contribution in [0.1, 0.15) is 0 Å². The van der Waals surface area contributed by atoms with Gasteiger partial charge in [-0.1, -0.05) is 109 Å². The molecule has 0 N–H and O–H groups in total. The molecule has 0 radical (unpaired) electrons. The van der Waals surface area contributed by atoms with Crippen molar-refractivity contribution in [3.05, 3.63) is 152 Å². The van der Waals surface area contributed by atoms with Crippen molar-refractivity contribution < 1.29 is 0 Å². The largest absolute Gasteiger partial charge is 0.248 e. The zero-order valence-electron chi connectivity index (χ0n) is 23.8. The normalized spacial score (nSPS) is 11.6. The number of nitrogens with zero attached hydrogens (tertiary/aromatic N) is 3. The molecule has 0 aliphatic rings. The third kappa shape index (κ3) is 4.18. The van der Waals surface area contributed by atoms with Gasteiger partial charge in [0, 0.05) is 32.8 Å². The number of rotatable bonds is 3. The number of benzene rings is 6. The van der Waals surface area contributed by atoms with Crippen LogP contribution in [0.2, 0.25) is 0 Å². The van der Waals surface area contributed by atoms with Gasteiger partial charge in [0.2, 0.25) is 0 Å². The highest BCUT2D eigenvalue weighted by Gasteiger charge is 2.10. The van der Waals surface area contributed by atoms with Crippen LogP contribution in [0.15, 0.2) is 152 Å². The van der Waals surface area contributed by atoms with Crippen LogP contribution in [0.5, 0.6) is 0 Å². The van der Waals surface area contributed by atoms with Crippen molar-refractivity contribution in [2.24, 2.45) is 0 Å². The van der Waals surface area contributed by atoms with Crippen molar-refractivity contribution in [3.8, 4) is 33.8 Å². The molecule has 0 spiro atoms. The first kappa shape index (κ1) is 24.6. The van der Waals surface area contributed by atoms with Crippen LogP contribution in [-0.4, -0.2) is 15.0 Å². The van der Waals surface area contributed by atoms with Crippen molar-refractivity contribution in [2.45, 2.75) is 0 Å². The van der Waals surface area contributed by atoms with Gasteiger partial charge in [0.05, 0.1) is 33.6 Å². The van der Waals surface area contributed by atoms with Gasteiger partial charge in [-0.25, -0.2) is 15.0 Å². The first-order valence-corrected chi connectivity index (χ1v) is 14.9. The Bertz CT molecular complexity index is 2550. The van der Waals surface area contributed by atoms with Crippen molar-refractivity contribution in [3.63, 3.8) is 0 Å². The number of hydrogen-bond donors (Lipinski definition) is 0. The highest BCUT2D eigenvalue weighted by Crippen LogP contribution is 2.32. The first-order valence-electron chi connectivity index (χ1n) is 14.9. The van der Waals surface area contributed by atoms with Crippen LogP contribution < -0.4 is 0 Å². The summed E-state index contributed by atoms with van der Waals surface area (Å²) in [5.74, 6) is 0. The molecule has 0 saturated heterocycles. The molecule has 3 heterocycles. The first-order chi connectivity index (χ1) is 21.7. The molecule has 9 rings (SSSR count). The summed E-state index contributed by atoms with van der Waals surface area (Å²) < 4.78 is 0. The van der Waals surface area contributed by atoms with Crippen LogP contribution in [0.3, 0.4) is 0 Å². The number of aromatic nitrogens is 3. The zero-order valence-corrected chi connectivity index (χ0v) is 23.8. The molecular weight excluding hydrogens is 534 g/mol. The maximum absolute atomic E-state index is 5.16. The zero-order chi connectivity index (χ0) is 29.0. The molecule has 44 heavy (non-hydrogen) atoms. The third-order valence-corrected chi connectivity index (χ3v) is 8.58. The van der Waals surface area contributed by atoms with E-state index in [0.717, 1.165) is 66.5 Å². The molecule has 0 aliphatic heterocycles. The van der Waals surface area contributed by atoms with E-state index in [-0.39, 0.29) is 0 Å². The Kier molecular flexibility index (Phi) is 5.50. The Morgan fingerprint density at radius 3 is 1.36 bits per heavy atom. The maximum atomic E-state index is 5.16. The molecule has 0 bridgehead atoms. The number of hydrogen-bond acceptors (Lipinski definition) is 3. The molecule has 3 heteroatoms. The summed E-state index contributed by atoms with van der Waals surface area (Å²) in [6, 6.07) is 53.3. The average Bonchev–Trinajstić information content (AvgIpc) is 3.10. The maximum Gasteiger partial charge on any atom is 0.0972 e. The Labute approximate surface area is 254 Å². The lowest BCUT2D eigenvalue weighted by molar-refractivity contribution is 1.37. The van der Waals surface area contributed by atoms with Gasteiger partial charge in [-0.2, -0.15) is 0 Å². The Morgan fingerprint density at radius 1 is 0.273 bits per heavy atom. The summed E-state index contributed by atoms with van der Waals surface area (Å²) in [5.41, 5.74) is 9.01. The predicted molar refractivity (Wildman–Crippen MR) is 184 cm³/mol. The molecule has 9 aromatic rings. The van der Waals surface area contributed by atoms with Crippen LogP contribution in [0.4, 0.5) is 0 Å². The van der Waals surface area contributed by atoms with Crippen LogP contribution in [0, 0.1) is 0 Å². The SMILES string of the molecule is c1ccc(-c2ccc3ccc4ccc(-c5ccc6cc(-c7ccc8cc9ccccc9cc8n7)ccc6c5)nc4c3n2)cc1. The minimum Gasteiger partial charge on any atom is -0.248 e. The summed E-state index contributed by atoms with van der Waals surface area (Å²) >= 11 is 0. The number of pyridine rings is 3. The van der Waals surface area contributed by atoms with E-state index in [2.05, 4.69) is 133 Å². The van der Waals surface area contributed by atoms with Crippen LogP contribution in [0.25, 0.3) is 88.0 Å². The van der Waals surface area contributed by atoms with E-state index >= 15 is 0 Å². The smallest absolute Gasteiger partial charge is 0.0972 e. The van der Waals surface area contributed by atoms with Gasteiger partial charge < -0.3 is 0 Å². The van der Waals surface area contributed by atoms with E-state index in [4.69, 9.17) is 15.0 Å². The molecule has 3 aromatic heterocycles. The minimum atomic E-state index is 0.920. The van der Waals surface area contributed by atoms with Crippen molar-refractivity contribution in [1.82, 2.24) is 15.0 Å². The quantitative estimate of drug-likeness (QED) is 0.160. The summed E-state index contributed by atoms with van der Waals surface area (Å²) in [7, 11) is 0. The molecule has 0 amide bonds. The fraction of sp³-hybridized carbons (Fsp3) is 0. The van der Waals surface area contributed by atoms with Gasteiger partial charge >= 0.3 is 0 Å². The predicted octanol–water partition coefficient (Wildman–Crippen LogP) is 10.6. The van der Waals surface area contributed by atoms with E-state index in [1.54, 1.807) is 0 Å². The van der Waals surface area contributed by atoms with Gasteiger partial charge in [0.15, 0.2) is 0 Å². The molecule has 0 unspecified atom stereocenters. The second-order valence-corrected chi connectivity index (χ2v) is 11.3.